The molecular weight excluding hydrogens is 278 g/mol. The number of hydrogen-bond acceptors (Lipinski definition) is 3. The van der Waals surface area contributed by atoms with E-state index in [1.807, 2.05) is 0 Å². The van der Waals surface area contributed by atoms with E-state index in [1.165, 1.54) is 12.3 Å². The number of rotatable bonds is 4. The molecule has 20 heavy (non-hydrogen) atoms. The molecule has 0 radical (unpaired) electrons. The summed E-state index contributed by atoms with van der Waals surface area (Å²) < 4.78 is 0. The highest BCUT2D eigenvalue weighted by atomic mass is 35.5. The number of aromatic nitrogens is 1. The Morgan fingerprint density at radius 2 is 1.90 bits per heavy atom. The van der Waals surface area contributed by atoms with Gasteiger partial charge in [-0.15, -0.1) is 0 Å². The maximum absolute atomic E-state index is 12.0. The molecule has 0 unspecified atom stereocenters. The predicted molar refractivity (Wildman–Crippen MR) is 76.5 cm³/mol. The molecule has 0 spiro atoms. The summed E-state index contributed by atoms with van der Waals surface area (Å²) in [5, 5.41) is 2.98. The number of anilines is 1. The minimum Gasteiger partial charge on any atom is -0.369 e. The monoisotopic (exact) mass is 289 g/mol. The van der Waals surface area contributed by atoms with Crippen molar-refractivity contribution < 1.29 is 9.59 Å². The Labute approximate surface area is 120 Å². The minimum atomic E-state index is -0.395. The van der Waals surface area contributed by atoms with Crippen molar-refractivity contribution in [2.45, 2.75) is 6.42 Å². The lowest BCUT2D eigenvalue weighted by atomic mass is 10.1. The smallest absolute Gasteiger partial charge is 0.255 e. The van der Waals surface area contributed by atoms with Crippen LogP contribution in [0.25, 0.3) is 0 Å². The number of primary amides is 1. The average molecular weight is 290 g/mol. The Kier molecular flexibility index (Phi) is 4.32. The summed E-state index contributed by atoms with van der Waals surface area (Å²) >= 11 is 5.73. The number of benzene rings is 1. The van der Waals surface area contributed by atoms with Crippen molar-refractivity contribution in [2.24, 2.45) is 5.73 Å². The van der Waals surface area contributed by atoms with Gasteiger partial charge in [0, 0.05) is 17.4 Å². The van der Waals surface area contributed by atoms with Gasteiger partial charge in [0.2, 0.25) is 5.91 Å². The number of halogens is 1. The van der Waals surface area contributed by atoms with Crippen molar-refractivity contribution in [1.29, 1.82) is 0 Å². The van der Waals surface area contributed by atoms with Crippen molar-refractivity contribution in [2.75, 3.05) is 5.32 Å². The van der Waals surface area contributed by atoms with Crippen LogP contribution in [-0.4, -0.2) is 16.8 Å². The standard InChI is InChI=1S/C14H12ClN3O2/c15-12-8-10(5-6-17-12)14(20)18-11-3-1-9(2-4-11)7-13(16)19/h1-6,8H,7H2,(H2,16,19)(H,18,20). The zero-order chi connectivity index (χ0) is 14.5. The van der Waals surface area contributed by atoms with Gasteiger partial charge < -0.3 is 11.1 Å². The van der Waals surface area contributed by atoms with Gasteiger partial charge in [-0.05, 0) is 29.8 Å². The number of carbonyl (C=O) groups excluding carboxylic acids is 2. The van der Waals surface area contributed by atoms with Crippen LogP contribution in [0.2, 0.25) is 5.15 Å². The zero-order valence-corrected chi connectivity index (χ0v) is 11.2. The first-order valence-corrected chi connectivity index (χ1v) is 6.22. The molecule has 0 atom stereocenters. The van der Waals surface area contributed by atoms with Gasteiger partial charge in [-0.2, -0.15) is 0 Å². The van der Waals surface area contributed by atoms with Gasteiger partial charge in [0.05, 0.1) is 6.42 Å². The molecule has 0 fully saturated rings. The number of amides is 2. The quantitative estimate of drug-likeness (QED) is 0.844. The Bertz CT molecular complexity index is 641. The molecule has 102 valence electrons. The first-order chi connectivity index (χ1) is 9.54. The molecule has 2 amide bonds. The second kappa shape index (κ2) is 6.16. The lowest BCUT2D eigenvalue weighted by Gasteiger charge is -2.06. The largest absolute Gasteiger partial charge is 0.369 e. The van der Waals surface area contributed by atoms with Crippen LogP contribution in [0.15, 0.2) is 42.6 Å². The molecule has 0 aliphatic heterocycles. The van der Waals surface area contributed by atoms with Crippen LogP contribution in [-0.2, 0) is 11.2 Å². The average Bonchev–Trinajstić information content (AvgIpc) is 2.40. The van der Waals surface area contributed by atoms with E-state index in [4.69, 9.17) is 17.3 Å². The highest BCUT2D eigenvalue weighted by Crippen LogP contribution is 2.13. The summed E-state index contributed by atoms with van der Waals surface area (Å²) in [6, 6.07) is 9.94. The van der Waals surface area contributed by atoms with Gasteiger partial charge in [0.1, 0.15) is 5.15 Å². The lowest BCUT2D eigenvalue weighted by molar-refractivity contribution is -0.117. The zero-order valence-electron chi connectivity index (χ0n) is 10.5. The summed E-state index contributed by atoms with van der Waals surface area (Å²) in [5.41, 5.74) is 6.94. The van der Waals surface area contributed by atoms with E-state index in [-0.39, 0.29) is 17.5 Å². The molecule has 0 aliphatic rings. The molecule has 3 N–H and O–H groups in total. The molecule has 1 heterocycles. The van der Waals surface area contributed by atoms with E-state index < -0.39 is 5.91 Å². The van der Waals surface area contributed by atoms with Crippen molar-refractivity contribution in [3.05, 3.63) is 58.9 Å². The third kappa shape index (κ3) is 3.80. The number of nitrogens with one attached hydrogen (secondary N) is 1. The molecule has 5 nitrogen and oxygen atoms in total. The van der Waals surface area contributed by atoms with Crippen LogP contribution in [0, 0.1) is 0 Å². The fraction of sp³-hybridized carbons (Fsp3) is 0.0714. The molecule has 0 saturated heterocycles. The predicted octanol–water partition coefficient (Wildman–Crippen LogP) is 2.02. The molecule has 0 bridgehead atoms. The molecule has 2 rings (SSSR count). The topological polar surface area (TPSA) is 85.1 Å². The summed E-state index contributed by atoms with van der Waals surface area (Å²) in [5.74, 6) is -0.676. The summed E-state index contributed by atoms with van der Waals surface area (Å²) in [6.07, 6.45) is 1.64. The van der Waals surface area contributed by atoms with Gasteiger partial charge >= 0.3 is 0 Å². The Hall–Kier alpha value is -2.40. The van der Waals surface area contributed by atoms with Gasteiger partial charge in [0.15, 0.2) is 0 Å². The maximum atomic E-state index is 12.0. The molecule has 2 aromatic rings. The Balaban J connectivity index is 2.06. The first-order valence-electron chi connectivity index (χ1n) is 5.85. The number of pyridine rings is 1. The second-order valence-electron chi connectivity index (χ2n) is 4.16. The van der Waals surface area contributed by atoms with Crippen LogP contribution in [0.4, 0.5) is 5.69 Å². The van der Waals surface area contributed by atoms with Gasteiger partial charge in [-0.3, -0.25) is 9.59 Å². The fourth-order valence-electron chi connectivity index (χ4n) is 1.65. The Morgan fingerprint density at radius 3 is 2.50 bits per heavy atom. The van der Waals surface area contributed by atoms with E-state index in [9.17, 15) is 9.59 Å². The summed E-state index contributed by atoms with van der Waals surface area (Å²) in [4.78, 5) is 26.5. The molecule has 0 aliphatic carbocycles. The van der Waals surface area contributed by atoms with E-state index >= 15 is 0 Å². The number of carbonyl (C=O) groups is 2. The first kappa shape index (κ1) is 14.0. The summed E-state index contributed by atoms with van der Waals surface area (Å²) in [6.45, 7) is 0. The van der Waals surface area contributed by atoms with Crippen molar-refractivity contribution in [3.8, 4) is 0 Å². The minimum absolute atomic E-state index is 0.175. The molecule has 6 heteroatoms. The number of hydrogen-bond donors (Lipinski definition) is 2. The van der Waals surface area contributed by atoms with Crippen LogP contribution >= 0.6 is 11.6 Å². The Morgan fingerprint density at radius 1 is 1.20 bits per heavy atom. The van der Waals surface area contributed by atoms with Crippen molar-refractivity contribution >= 4 is 29.1 Å². The lowest BCUT2D eigenvalue weighted by Crippen LogP contribution is -2.14. The van der Waals surface area contributed by atoms with Crippen LogP contribution < -0.4 is 11.1 Å². The van der Waals surface area contributed by atoms with E-state index in [2.05, 4.69) is 10.3 Å². The number of nitrogens with zero attached hydrogens (tertiary/aromatic N) is 1. The van der Waals surface area contributed by atoms with E-state index in [1.54, 1.807) is 30.3 Å². The molecule has 0 saturated carbocycles. The van der Waals surface area contributed by atoms with Crippen LogP contribution in [0.5, 0.6) is 0 Å². The van der Waals surface area contributed by atoms with Crippen LogP contribution in [0.3, 0.4) is 0 Å². The van der Waals surface area contributed by atoms with Gasteiger partial charge in [0.25, 0.3) is 5.91 Å². The van der Waals surface area contributed by atoms with E-state index in [0.29, 0.717) is 11.3 Å². The summed E-state index contributed by atoms with van der Waals surface area (Å²) in [7, 11) is 0. The third-order valence-corrected chi connectivity index (χ3v) is 2.79. The molecular formula is C14H12ClN3O2. The SMILES string of the molecule is NC(=O)Cc1ccc(NC(=O)c2ccnc(Cl)c2)cc1. The third-order valence-electron chi connectivity index (χ3n) is 2.58. The van der Waals surface area contributed by atoms with Crippen molar-refractivity contribution in [1.82, 2.24) is 4.98 Å². The van der Waals surface area contributed by atoms with Crippen molar-refractivity contribution in [3.63, 3.8) is 0 Å². The van der Waals surface area contributed by atoms with Crippen LogP contribution in [0.1, 0.15) is 15.9 Å². The number of nitrogens with two attached hydrogens (primary N) is 1. The molecule has 1 aromatic heterocycles. The normalized spacial score (nSPS) is 10.1. The van der Waals surface area contributed by atoms with Gasteiger partial charge in [-0.1, -0.05) is 23.7 Å². The maximum Gasteiger partial charge on any atom is 0.255 e. The molecule has 1 aromatic carbocycles. The fourth-order valence-corrected chi connectivity index (χ4v) is 1.83. The highest BCUT2D eigenvalue weighted by Gasteiger charge is 2.07. The van der Waals surface area contributed by atoms with E-state index in [0.717, 1.165) is 5.56 Å². The van der Waals surface area contributed by atoms with Gasteiger partial charge in [-0.25, -0.2) is 4.98 Å². The second-order valence-corrected chi connectivity index (χ2v) is 4.55. The highest BCUT2D eigenvalue weighted by molar-refractivity contribution is 6.29.